The molecule has 5 nitrogen and oxygen atoms in total. The van der Waals surface area contributed by atoms with E-state index in [9.17, 15) is 9.59 Å². The van der Waals surface area contributed by atoms with Gasteiger partial charge in [0, 0.05) is 6.42 Å². The standard InChI is InChI=1S/C18H27NO4/c1-5-14(12(2)3)10-17(20)19-13(4)15-6-8-16(9-7-15)23-11-18(21)22/h6-9,12-14H,5,10-11H2,1-4H3,(H,19,20)(H,21,22). The van der Waals surface area contributed by atoms with E-state index in [1.165, 1.54) is 0 Å². The Morgan fingerprint density at radius 3 is 2.26 bits per heavy atom. The molecule has 2 N–H and O–H groups in total. The summed E-state index contributed by atoms with van der Waals surface area (Å²) < 4.78 is 5.09. The van der Waals surface area contributed by atoms with Crippen LogP contribution in [0, 0.1) is 11.8 Å². The Morgan fingerprint density at radius 1 is 1.17 bits per heavy atom. The second-order valence-electron chi connectivity index (χ2n) is 6.16. The summed E-state index contributed by atoms with van der Waals surface area (Å²) in [7, 11) is 0. The molecule has 1 rings (SSSR count). The molecule has 1 aromatic carbocycles. The first-order valence-corrected chi connectivity index (χ1v) is 8.07. The van der Waals surface area contributed by atoms with E-state index < -0.39 is 5.97 Å². The number of hydrogen-bond acceptors (Lipinski definition) is 3. The van der Waals surface area contributed by atoms with Crippen molar-refractivity contribution in [1.82, 2.24) is 5.32 Å². The number of amides is 1. The molecule has 0 radical (unpaired) electrons. The van der Waals surface area contributed by atoms with Crippen LogP contribution in [0.4, 0.5) is 0 Å². The second kappa shape index (κ2) is 9.18. The van der Waals surface area contributed by atoms with Gasteiger partial charge in [0.1, 0.15) is 5.75 Å². The molecule has 0 saturated carbocycles. The van der Waals surface area contributed by atoms with E-state index in [1.807, 2.05) is 19.1 Å². The number of ether oxygens (including phenoxy) is 1. The van der Waals surface area contributed by atoms with Crippen molar-refractivity contribution >= 4 is 11.9 Å². The molecule has 128 valence electrons. The van der Waals surface area contributed by atoms with Crippen LogP contribution in [0.2, 0.25) is 0 Å². The molecule has 5 heteroatoms. The average Bonchev–Trinajstić information content (AvgIpc) is 2.50. The minimum absolute atomic E-state index is 0.0595. The van der Waals surface area contributed by atoms with Crippen LogP contribution in [0.15, 0.2) is 24.3 Å². The summed E-state index contributed by atoms with van der Waals surface area (Å²) in [6.45, 7) is 7.96. The highest BCUT2D eigenvalue weighted by atomic mass is 16.5. The van der Waals surface area contributed by atoms with Gasteiger partial charge in [-0.25, -0.2) is 4.79 Å². The molecule has 0 aliphatic heterocycles. The van der Waals surface area contributed by atoms with Gasteiger partial charge in [-0.3, -0.25) is 4.79 Å². The Bertz CT molecular complexity index is 510. The van der Waals surface area contributed by atoms with Crippen molar-refractivity contribution in [3.8, 4) is 5.75 Å². The Balaban J connectivity index is 2.55. The van der Waals surface area contributed by atoms with E-state index in [0.717, 1.165) is 12.0 Å². The molecule has 23 heavy (non-hydrogen) atoms. The highest BCUT2D eigenvalue weighted by Crippen LogP contribution is 2.21. The van der Waals surface area contributed by atoms with Crippen molar-refractivity contribution in [2.24, 2.45) is 11.8 Å². The van der Waals surface area contributed by atoms with Gasteiger partial charge in [-0.15, -0.1) is 0 Å². The molecule has 0 aromatic heterocycles. The summed E-state index contributed by atoms with van der Waals surface area (Å²) in [6.07, 6.45) is 1.54. The van der Waals surface area contributed by atoms with E-state index in [0.29, 0.717) is 24.0 Å². The molecule has 0 aliphatic rings. The van der Waals surface area contributed by atoms with Gasteiger partial charge in [0.15, 0.2) is 6.61 Å². The van der Waals surface area contributed by atoms with Gasteiger partial charge < -0.3 is 15.2 Å². The number of benzene rings is 1. The van der Waals surface area contributed by atoms with Crippen molar-refractivity contribution in [2.75, 3.05) is 6.61 Å². The minimum atomic E-state index is -1.01. The predicted octanol–water partition coefficient (Wildman–Crippen LogP) is 3.40. The molecule has 0 heterocycles. The van der Waals surface area contributed by atoms with Crippen LogP contribution >= 0.6 is 0 Å². The van der Waals surface area contributed by atoms with Crippen molar-refractivity contribution in [2.45, 2.75) is 46.6 Å². The van der Waals surface area contributed by atoms with Gasteiger partial charge in [0.05, 0.1) is 6.04 Å². The molecular formula is C18H27NO4. The molecule has 0 spiro atoms. The van der Waals surface area contributed by atoms with Gasteiger partial charge >= 0.3 is 5.97 Å². The molecule has 2 unspecified atom stereocenters. The van der Waals surface area contributed by atoms with Crippen LogP contribution in [-0.4, -0.2) is 23.6 Å². The van der Waals surface area contributed by atoms with E-state index in [1.54, 1.807) is 12.1 Å². The number of hydrogen-bond donors (Lipinski definition) is 2. The monoisotopic (exact) mass is 321 g/mol. The van der Waals surface area contributed by atoms with Gasteiger partial charge in [-0.1, -0.05) is 39.3 Å². The molecule has 0 aliphatic carbocycles. The van der Waals surface area contributed by atoms with E-state index >= 15 is 0 Å². The zero-order valence-corrected chi connectivity index (χ0v) is 14.3. The zero-order valence-electron chi connectivity index (χ0n) is 14.3. The van der Waals surface area contributed by atoms with Gasteiger partial charge in [-0.2, -0.15) is 0 Å². The van der Waals surface area contributed by atoms with Crippen LogP contribution in [-0.2, 0) is 9.59 Å². The largest absolute Gasteiger partial charge is 0.482 e. The Morgan fingerprint density at radius 2 is 1.78 bits per heavy atom. The first kappa shape index (κ1) is 19.0. The summed E-state index contributed by atoms with van der Waals surface area (Å²) in [5.41, 5.74) is 0.957. The quantitative estimate of drug-likeness (QED) is 0.731. The molecule has 2 atom stereocenters. The SMILES string of the molecule is CCC(CC(=O)NC(C)c1ccc(OCC(=O)O)cc1)C(C)C. The Labute approximate surface area is 138 Å². The molecule has 1 amide bonds. The van der Waals surface area contributed by atoms with Crippen molar-refractivity contribution in [3.63, 3.8) is 0 Å². The number of nitrogens with one attached hydrogen (secondary N) is 1. The lowest BCUT2D eigenvalue weighted by atomic mass is 9.90. The second-order valence-corrected chi connectivity index (χ2v) is 6.16. The first-order valence-electron chi connectivity index (χ1n) is 8.07. The number of carboxylic acids is 1. The maximum atomic E-state index is 12.1. The summed E-state index contributed by atoms with van der Waals surface area (Å²) >= 11 is 0. The number of carbonyl (C=O) groups excluding carboxylic acids is 1. The van der Waals surface area contributed by atoms with Crippen LogP contribution in [0.1, 0.15) is 52.1 Å². The molecule has 0 bridgehead atoms. The van der Waals surface area contributed by atoms with Crippen molar-refractivity contribution < 1.29 is 19.4 Å². The predicted molar refractivity (Wildman–Crippen MR) is 89.4 cm³/mol. The van der Waals surface area contributed by atoms with Gasteiger partial charge in [0.2, 0.25) is 5.91 Å². The highest BCUT2D eigenvalue weighted by Gasteiger charge is 2.17. The minimum Gasteiger partial charge on any atom is -0.482 e. The smallest absolute Gasteiger partial charge is 0.341 e. The third kappa shape index (κ3) is 6.72. The summed E-state index contributed by atoms with van der Waals surface area (Å²) in [5, 5.41) is 11.6. The third-order valence-corrected chi connectivity index (χ3v) is 4.03. The maximum absolute atomic E-state index is 12.1. The van der Waals surface area contributed by atoms with E-state index in [4.69, 9.17) is 9.84 Å². The van der Waals surface area contributed by atoms with Gasteiger partial charge in [0.25, 0.3) is 0 Å². The molecule has 0 fully saturated rings. The fourth-order valence-electron chi connectivity index (χ4n) is 2.47. The maximum Gasteiger partial charge on any atom is 0.341 e. The Kier molecular flexibility index (Phi) is 7.59. The fourth-order valence-corrected chi connectivity index (χ4v) is 2.47. The average molecular weight is 321 g/mol. The number of rotatable bonds is 9. The third-order valence-electron chi connectivity index (χ3n) is 4.03. The van der Waals surface area contributed by atoms with Gasteiger partial charge in [-0.05, 0) is 36.5 Å². The van der Waals surface area contributed by atoms with Crippen LogP contribution in [0.25, 0.3) is 0 Å². The molecule has 0 saturated heterocycles. The van der Waals surface area contributed by atoms with Crippen LogP contribution in [0.5, 0.6) is 5.75 Å². The molecule has 1 aromatic rings. The molecular weight excluding hydrogens is 294 g/mol. The van der Waals surface area contributed by atoms with Crippen LogP contribution < -0.4 is 10.1 Å². The van der Waals surface area contributed by atoms with Crippen molar-refractivity contribution in [1.29, 1.82) is 0 Å². The summed E-state index contributed by atoms with van der Waals surface area (Å²) in [4.78, 5) is 22.6. The lowest BCUT2D eigenvalue weighted by Gasteiger charge is -2.20. The van der Waals surface area contributed by atoms with Crippen molar-refractivity contribution in [3.05, 3.63) is 29.8 Å². The number of aliphatic carboxylic acids is 1. The zero-order chi connectivity index (χ0) is 17.4. The van der Waals surface area contributed by atoms with Crippen LogP contribution in [0.3, 0.4) is 0 Å². The normalized spacial score (nSPS) is 13.4. The highest BCUT2D eigenvalue weighted by molar-refractivity contribution is 5.76. The fraction of sp³-hybridized carbons (Fsp3) is 0.556. The Hall–Kier alpha value is -2.04. The summed E-state index contributed by atoms with van der Waals surface area (Å²) in [6, 6.07) is 7.00. The number of carboxylic acid groups (broad SMARTS) is 1. The number of carbonyl (C=O) groups is 2. The lowest BCUT2D eigenvalue weighted by Crippen LogP contribution is -2.29. The topological polar surface area (TPSA) is 75.6 Å². The van der Waals surface area contributed by atoms with E-state index in [2.05, 4.69) is 26.1 Å². The van der Waals surface area contributed by atoms with E-state index in [-0.39, 0.29) is 18.6 Å². The lowest BCUT2D eigenvalue weighted by molar-refractivity contribution is -0.139. The summed E-state index contributed by atoms with van der Waals surface area (Å²) in [5.74, 6) is 0.441. The first-order chi connectivity index (χ1) is 10.8.